The average molecular weight is 414 g/mol. The summed E-state index contributed by atoms with van der Waals surface area (Å²) in [6, 6.07) is 12.8. The maximum atomic E-state index is 12.4. The fourth-order valence-electron chi connectivity index (χ4n) is 2.67. The number of thiazole rings is 1. The summed E-state index contributed by atoms with van der Waals surface area (Å²) in [5.41, 5.74) is 1.12. The van der Waals surface area contributed by atoms with Gasteiger partial charge in [0.15, 0.2) is 11.5 Å². The summed E-state index contributed by atoms with van der Waals surface area (Å²) in [4.78, 5) is 16.8. The zero-order chi connectivity index (χ0) is 20.6. The maximum Gasteiger partial charge on any atom is 0.270 e. The third-order valence-corrected chi connectivity index (χ3v) is 4.94. The van der Waals surface area contributed by atoms with Crippen molar-refractivity contribution in [3.63, 3.8) is 0 Å². The predicted octanol–water partition coefficient (Wildman–Crippen LogP) is 3.64. The van der Waals surface area contributed by atoms with Crippen LogP contribution in [0.4, 0.5) is 0 Å². The number of aromatic nitrogens is 1. The Labute approximate surface area is 173 Å². The molecule has 152 valence electrons. The van der Waals surface area contributed by atoms with Gasteiger partial charge in [-0.15, -0.1) is 11.3 Å². The Morgan fingerprint density at radius 1 is 1.03 bits per heavy atom. The molecule has 0 fully saturated rings. The van der Waals surface area contributed by atoms with E-state index in [1.165, 1.54) is 11.3 Å². The number of carbonyl (C=O) groups excluding carboxylic acids is 1. The van der Waals surface area contributed by atoms with E-state index in [1.807, 2.05) is 36.4 Å². The van der Waals surface area contributed by atoms with Crippen LogP contribution in [-0.4, -0.2) is 45.4 Å². The van der Waals surface area contributed by atoms with E-state index in [9.17, 15) is 4.79 Å². The van der Waals surface area contributed by atoms with Crippen LogP contribution in [0.2, 0.25) is 0 Å². The number of amides is 1. The van der Waals surface area contributed by atoms with Gasteiger partial charge in [-0.3, -0.25) is 4.79 Å². The highest BCUT2D eigenvalue weighted by atomic mass is 32.1. The van der Waals surface area contributed by atoms with E-state index < -0.39 is 0 Å². The summed E-state index contributed by atoms with van der Waals surface area (Å²) in [7, 11) is 4.75. The highest BCUT2D eigenvalue weighted by molar-refractivity contribution is 7.13. The largest absolute Gasteiger partial charge is 0.497 e. The van der Waals surface area contributed by atoms with Crippen molar-refractivity contribution >= 4 is 17.2 Å². The molecule has 0 saturated carbocycles. The van der Waals surface area contributed by atoms with E-state index in [-0.39, 0.29) is 5.91 Å². The zero-order valence-corrected chi connectivity index (χ0v) is 17.2. The number of rotatable bonds is 9. The number of hydrogen-bond donors (Lipinski definition) is 1. The molecule has 0 radical (unpaired) electrons. The van der Waals surface area contributed by atoms with Crippen LogP contribution >= 0.6 is 11.3 Å². The van der Waals surface area contributed by atoms with Crippen LogP contribution in [0.25, 0.3) is 10.6 Å². The van der Waals surface area contributed by atoms with Crippen molar-refractivity contribution in [2.45, 2.75) is 0 Å². The summed E-state index contributed by atoms with van der Waals surface area (Å²) >= 11 is 1.37. The molecule has 3 rings (SSSR count). The lowest BCUT2D eigenvalue weighted by atomic mass is 10.2. The molecule has 0 atom stereocenters. The van der Waals surface area contributed by atoms with Crippen LogP contribution in [0.5, 0.6) is 23.0 Å². The van der Waals surface area contributed by atoms with Crippen LogP contribution < -0.4 is 24.3 Å². The number of carbonyl (C=O) groups is 1. The first-order valence-electron chi connectivity index (χ1n) is 8.88. The average Bonchev–Trinajstić information content (AvgIpc) is 3.26. The normalized spacial score (nSPS) is 10.3. The van der Waals surface area contributed by atoms with E-state index in [2.05, 4.69) is 10.3 Å². The molecule has 8 heteroatoms. The summed E-state index contributed by atoms with van der Waals surface area (Å²) in [5, 5.41) is 5.20. The Balaban J connectivity index is 1.58. The van der Waals surface area contributed by atoms with E-state index in [0.717, 1.165) is 11.3 Å². The third kappa shape index (κ3) is 4.97. The summed E-state index contributed by atoms with van der Waals surface area (Å²) in [6.07, 6.45) is 0. The first kappa shape index (κ1) is 20.5. The predicted molar refractivity (Wildman–Crippen MR) is 111 cm³/mol. The van der Waals surface area contributed by atoms with Gasteiger partial charge in [0.05, 0.1) is 33.4 Å². The van der Waals surface area contributed by atoms with E-state index in [0.29, 0.717) is 41.1 Å². The number of ether oxygens (including phenoxy) is 4. The van der Waals surface area contributed by atoms with Crippen molar-refractivity contribution in [2.75, 3.05) is 34.5 Å². The van der Waals surface area contributed by atoms with E-state index in [4.69, 9.17) is 18.9 Å². The van der Waals surface area contributed by atoms with Crippen molar-refractivity contribution in [3.8, 4) is 33.6 Å². The van der Waals surface area contributed by atoms with Crippen molar-refractivity contribution in [3.05, 3.63) is 53.5 Å². The molecule has 0 aliphatic carbocycles. The Morgan fingerprint density at radius 3 is 2.59 bits per heavy atom. The minimum absolute atomic E-state index is 0.261. The quantitative estimate of drug-likeness (QED) is 0.539. The van der Waals surface area contributed by atoms with Gasteiger partial charge in [-0.05, 0) is 24.3 Å². The molecule has 0 bridgehead atoms. The fourth-order valence-corrected chi connectivity index (χ4v) is 3.49. The molecule has 0 aliphatic rings. The lowest BCUT2D eigenvalue weighted by Gasteiger charge is -2.10. The monoisotopic (exact) mass is 414 g/mol. The molecular weight excluding hydrogens is 392 g/mol. The van der Waals surface area contributed by atoms with Crippen molar-refractivity contribution in [1.82, 2.24) is 10.3 Å². The summed E-state index contributed by atoms with van der Waals surface area (Å²) < 4.78 is 21.5. The molecule has 0 aliphatic heterocycles. The molecule has 29 heavy (non-hydrogen) atoms. The lowest BCUT2D eigenvalue weighted by Crippen LogP contribution is -2.28. The van der Waals surface area contributed by atoms with Crippen molar-refractivity contribution in [1.29, 1.82) is 0 Å². The molecular formula is C21H22N2O5S. The Hall–Kier alpha value is -3.26. The van der Waals surface area contributed by atoms with Gasteiger partial charge in [-0.2, -0.15) is 0 Å². The highest BCUT2D eigenvalue weighted by Gasteiger charge is 2.17. The van der Waals surface area contributed by atoms with Crippen LogP contribution in [0.1, 0.15) is 10.5 Å². The number of benzene rings is 2. The summed E-state index contributed by atoms with van der Waals surface area (Å²) in [5.74, 6) is 2.33. The number of para-hydroxylation sites is 1. The second-order valence-electron chi connectivity index (χ2n) is 5.86. The van der Waals surface area contributed by atoms with Crippen LogP contribution in [0.15, 0.2) is 47.8 Å². The van der Waals surface area contributed by atoms with Gasteiger partial charge in [0.2, 0.25) is 0 Å². The molecule has 2 aromatic carbocycles. The molecule has 1 aromatic heterocycles. The van der Waals surface area contributed by atoms with Crippen LogP contribution in [0, 0.1) is 0 Å². The first-order valence-corrected chi connectivity index (χ1v) is 9.76. The van der Waals surface area contributed by atoms with Gasteiger partial charge < -0.3 is 24.3 Å². The molecule has 1 heterocycles. The highest BCUT2D eigenvalue weighted by Crippen LogP contribution is 2.38. The Kier molecular flexibility index (Phi) is 6.91. The van der Waals surface area contributed by atoms with Gasteiger partial charge in [-0.25, -0.2) is 4.98 Å². The summed E-state index contributed by atoms with van der Waals surface area (Å²) in [6.45, 7) is 0.686. The molecule has 0 spiro atoms. The van der Waals surface area contributed by atoms with Gasteiger partial charge in [0.25, 0.3) is 5.91 Å². The lowest BCUT2D eigenvalue weighted by molar-refractivity contribution is 0.0942. The molecule has 0 unspecified atom stereocenters. The number of nitrogens with zero attached hydrogens (tertiary/aromatic N) is 1. The van der Waals surface area contributed by atoms with Gasteiger partial charge >= 0.3 is 0 Å². The Bertz CT molecular complexity index is 973. The van der Waals surface area contributed by atoms with Gasteiger partial charge in [0, 0.05) is 11.4 Å². The molecule has 0 saturated heterocycles. The fraction of sp³-hybridized carbons (Fsp3) is 0.238. The molecule has 1 amide bonds. The topological polar surface area (TPSA) is 78.9 Å². The third-order valence-electron chi connectivity index (χ3n) is 4.07. The SMILES string of the molecule is COc1cccc(OCCNC(=O)c2csc(-c3cccc(OC)c3OC)n2)c1. The second kappa shape index (κ2) is 9.79. The molecule has 3 aromatic rings. The standard InChI is InChI=1S/C21H22N2O5S/c1-25-14-6-4-7-15(12-14)28-11-10-22-20(24)17-13-29-21(23-17)16-8-5-9-18(26-2)19(16)27-3/h4-9,12-13H,10-11H2,1-3H3,(H,22,24). The number of nitrogens with one attached hydrogen (secondary N) is 1. The van der Waals surface area contributed by atoms with Crippen molar-refractivity contribution in [2.24, 2.45) is 0 Å². The second-order valence-corrected chi connectivity index (χ2v) is 6.72. The van der Waals surface area contributed by atoms with Crippen LogP contribution in [-0.2, 0) is 0 Å². The Morgan fingerprint density at radius 2 is 1.83 bits per heavy atom. The minimum Gasteiger partial charge on any atom is -0.497 e. The number of hydrogen-bond acceptors (Lipinski definition) is 7. The van der Waals surface area contributed by atoms with Gasteiger partial charge in [0.1, 0.15) is 28.8 Å². The van der Waals surface area contributed by atoms with E-state index >= 15 is 0 Å². The first-order chi connectivity index (χ1) is 14.2. The maximum absolute atomic E-state index is 12.4. The minimum atomic E-state index is -0.261. The smallest absolute Gasteiger partial charge is 0.270 e. The number of methoxy groups -OCH3 is 3. The molecule has 1 N–H and O–H groups in total. The zero-order valence-electron chi connectivity index (χ0n) is 16.4. The van der Waals surface area contributed by atoms with E-state index in [1.54, 1.807) is 32.8 Å². The van der Waals surface area contributed by atoms with Crippen molar-refractivity contribution < 1.29 is 23.7 Å². The molecule has 7 nitrogen and oxygen atoms in total. The van der Waals surface area contributed by atoms with Gasteiger partial charge in [-0.1, -0.05) is 12.1 Å². The van der Waals surface area contributed by atoms with Crippen LogP contribution in [0.3, 0.4) is 0 Å².